The van der Waals surface area contributed by atoms with E-state index in [1.165, 1.54) is 0 Å². The second-order valence-electron chi connectivity index (χ2n) is 6.31. The predicted molar refractivity (Wildman–Crippen MR) is 81.7 cm³/mol. The molecule has 3 nitrogen and oxygen atoms in total. The number of hydrogen-bond acceptors (Lipinski definition) is 3. The van der Waals surface area contributed by atoms with Crippen LogP contribution in [0, 0.1) is 11.3 Å². The number of aliphatic hydroxyl groups is 1. The van der Waals surface area contributed by atoms with E-state index in [1.807, 2.05) is 31.2 Å². The summed E-state index contributed by atoms with van der Waals surface area (Å²) < 4.78 is 5.28. The van der Waals surface area contributed by atoms with Crippen LogP contribution in [0.3, 0.4) is 0 Å². The van der Waals surface area contributed by atoms with Gasteiger partial charge >= 0.3 is 0 Å². The number of hydrogen-bond donors (Lipinski definition) is 2. The van der Waals surface area contributed by atoms with Gasteiger partial charge in [-0.3, -0.25) is 0 Å². The lowest BCUT2D eigenvalue weighted by atomic mass is 9.67. The van der Waals surface area contributed by atoms with Crippen molar-refractivity contribution in [1.29, 1.82) is 0 Å². The smallest absolute Gasteiger partial charge is 0.119 e. The van der Waals surface area contributed by atoms with E-state index in [9.17, 15) is 5.11 Å². The van der Waals surface area contributed by atoms with Crippen molar-refractivity contribution >= 4 is 0 Å². The van der Waals surface area contributed by atoms with Crippen molar-refractivity contribution in [3.8, 4) is 5.75 Å². The Morgan fingerprint density at radius 3 is 2.80 bits per heavy atom. The molecule has 3 heteroatoms. The molecule has 3 unspecified atom stereocenters. The van der Waals surface area contributed by atoms with E-state index in [1.54, 1.807) is 7.11 Å². The Morgan fingerprint density at radius 1 is 1.50 bits per heavy atom. The number of ether oxygens (including phenoxy) is 1. The van der Waals surface area contributed by atoms with Crippen molar-refractivity contribution in [3.63, 3.8) is 0 Å². The van der Waals surface area contributed by atoms with Gasteiger partial charge in [-0.1, -0.05) is 25.5 Å². The van der Waals surface area contributed by atoms with Crippen LogP contribution < -0.4 is 10.5 Å². The lowest BCUT2D eigenvalue weighted by molar-refractivity contribution is -0.0716. The zero-order valence-electron chi connectivity index (χ0n) is 12.9. The minimum Gasteiger partial charge on any atom is -0.497 e. The van der Waals surface area contributed by atoms with Gasteiger partial charge in [0.15, 0.2) is 0 Å². The van der Waals surface area contributed by atoms with E-state index in [4.69, 9.17) is 10.5 Å². The van der Waals surface area contributed by atoms with Crippen LogP contribution >= 0.6 is 0 Å². The van der Waals surface area contributed by atoms with E-state index >= 15 is 0 Å². The first-order valence-corrected chi connectivity index (χ1v) is 7.56. The Balaban J connectivity index is 2.36. The summed E-state index contributed by atoms with van der Waals surface area (Å²) in [5.41, 5.74) is 5.85. The molecule has 0 saturated heterocycles. The average molecular weight is 277 g/mol. The van der Waals surface area contributed by atoms with Crippen LogP contribution in [0.4, 0.5) is 0 Å². The molecule has 1 aliphatic rings. The van der Waals surface area contributed by atoms with Gasteiger partial charge in [0.25, 0.3) is 0 Å². The Labute approximate surface area is 122 Å². The lowest BCUT2D eigenvalue weighted by Gasteiger charge is -2.43. The summed E-state index contributed by atoms with van der Waals surface area (Å²) in [5.74, 6) is 1.45. The fraction of sp³-hybridized carbons (Fsp3) is 0.647. The number of methoxy groups -OCH3 is 1. The lowest BCUT2D eigenvalue weighted by Crippen LogP contribution is -2.47. The van der Waals surface area contributed by atoms with E-state index in [0.29, 0.717) is 12.5 Å². The quantitative estimate of drug-likeness (QED) is 0.869. The van der Waals surface area contributed by atoms with Crippen LogP contribution in [0.5, 0.6) is 5.75 Å². The van der Waals surface area contributed by atoms with Gasteiger partial charge < -0.3 is 15.6 Å². The van der Waals surface area contributed by atoms with Gasteiger partial charge in [-0.2, -0.15) is 0 Å². The van der Waals surface area contributed by atoms with Crippen LogP contribution in [0.15, 0.2) is 24.3 Å². The summed E-state index contributed by atoms with van der Waals surface area (Å²) >= 11 is 0. The topological polar surface area (TPSA) is 55.5 Å². The van der Waals surface area contributed by atoms with Crippen molar-refractivity contribution in [1.82, 2.24) is 0 Å². The molecule has 20 heavy (non-hydrogen) atoms. The summed E-state index contributed by atoms with van der Waals surface area (Å²) in [4.78, 5) is 0. The van der Waals surface area contributed by atoms with Crippen LogP contribution in [-0.2, 0) is 5.60 Å². The molecule has 0 amide bonds. The maximum Gasteiger partial charge on any atom is 0.119 e. The highest BCUT2D eigenvalue weighted by Gasteiger charge is 2.51. The maximum absolute atomic E-state index is 11.2. The van der Waals surface area contributed by atoms with Gasteiger partial charge in [-0.15, -0.1) is 0 Å². The van der Waals surface area contributed by atoms with Crippen molar-refractivity contribution < 1.29 is 9.84 Å². The first-order chi connectivity index (χ1) is 9.49. The predicted octanol–water partition coefficient (Wildman–Crippen LogP) is 3.06. The van der Waals surface area contributed by atoms with Crippen LogP contribution in [0.2, 0.25) is 0 Å². The third-order valence-electron chi connectivity index (χ3n) is 5.34. The van der Waals surface area contributed by atoms with Crippen molar-refractivity contribution in [3.05, 3.63) is 29.8 Å². The summed E-state index contributed by atoms with van der Waals surface area (Å²) in [7, 11) is 1.65. The van der Waals surface area contributed by atoms with E-state index < -0.39 is 5.60 Å². The first-order valence-electron chi connectivity index (χ1n) is 7.56. The Kier molecular flexibility index (Phi) is 4.40. The monoisotopic (exact) mass is 277 g/mol. The molecule has 2 rings (SSSR count). The highest BCUT2D eigenvalue weighted by atomic mass is 16.5. The highest BCUT2D eigenvalue weighted by molar-refractivity contribution is 5.34. The molecule has 3 N–H and O–H groups in total. The average Bonchev–Trinajstić information content (AvgIpc) is 2.92. The molecule has 0 aliphatic heterocycles. The molecule has 0 aromatic heterocycles. The largest absolute Gasteiger partial charge is 0.497 e. The second-order valence-corrected chi connectivity index (χ2v) is 6.31. The van der Waals surface area contributed by atoms with Gasteiger partial charge in [0.2, 0.25) is 0 Å². The molecule has 1 saturated carbocycles. The third-order valence-corrected chi connectivity index (χ3v) is 5.34. The van der Waals surface area contributed by atoms with E-state index in [-0.39, 0.29) is 5.41 Å². The number of benzene rings is 1. The summed E-state index contributed by atoms with van der Waals surface area (Å²) in [5, 5.41) is 11.2. The second kappa shape index (κ2) is 5.74. The molecular weight excluding hydrogens is 250 g/mol. The summed E-state index contributed by atoms with van der Waals surface area (Å²) in [6, 6.07) is 7.73. The SMILES string of the molecule is CCC1CCC(CN)(C(C)(O)c2cccc(OC)c2)C1. The molecule has 0 bridgehead atoms. The maximum atomic E-state index is 11.2. The highest BCUT2D eigenvalue weighted by Crippen LogP contribution is 2.53. The van der Waals surface area contributed by atoms with E-state index in [0.717, 1.165) is 37.0 Å². The minimum atomic E-state index is -0.916. The summed E-state index contributed by atoms with van der Waals surface area (Å²) in [6.45, 7) is 4.65. The first kappa shape index (κ1) is 15.3. The molecule has 1 aromatic rings. The van der Waals surface area contributed by atoms with Crippen molar-refractivity contribution in [2.24, 2.45) is 17.1 Å². The molecule has 0 heterocycles. The zero-order chi connectivity index (χ0) is 14.8. The fourth-order valence-electron chi connectivity index (χ4n) is 3.64. The fourth-order valence-corrected chi connectivity index (χ4v) is 3.64. The van der Waals surface area contributed by atoms with Gasteiger partial charge in [-0.05, 0) is 49.8 Å². The van der Waals surface area contributed by atoms with Crippen LogP contribution in [0.25, 0.3) is 0 Å². The molecule has 0 spiro atoms. The molecule has 1 aliphatic carbocycles. The summed E-state index contributed by atoms with van der Waals surface area (Å²) in [6.07, 6.45) is 4.32. The molecular formula is C17H27NO2. The Hall–Kier alpha value is -1.06. The standard InChI is InChI=1S/C17H27NO2/c1-4-13-8-9-17(11-13,12-18)16(2,19)14-6-5-7-15(10-14)20-3/h5-7,10,13,19H,4,8-9,11-12,18H2,1-3H3. The van der Waals surface area contributed by atoms with Crippen molar-refractivity contribution in [2.45, 2.75) is 45.1 Å². The molecule has 3 atom stereocenters. The Morgan fingerprint density at radius 2 is 2.25 bits per heavy atom. The molecule has 1 aromatic carbocycles. The van der Waals surface area contributed by atoms with Gasteiger partial charge in [0, 0.05) is 12.0 Å². The van der Waals surface area contributed by atoms with E-state index in [2.05, 4.69) is 6.92 Å². The Bertz CT molecular complexity index is 458. The minimum absolute atomic E-state index is 0.222. The van der Waals surface area contributed by atoms with Gasteiger partial charge in [0.05, 0.1) is 12.7 Å². The number of nitrogens with two attached hydrogens (primary N) is 1. The van der Waals surface area contributed by atoms with Gasteiger partial charge in [-0.25, -0.2) is 0 Å². The zero-order valence-corrected chi connectivity index (χ0v) is 12.9. The van der Waals surface area contributed by atoms with Crippen LogP contribution in [0.1, 0.15) is 45.1 Å². The molecule has 0 radical (unpaired) electrons. The molecule has 112 valence electrons. The number of rotatable bonds is 5. The van der Waals surface area contributed by atoms with Crippen molar-refractivity contribution in [2.75, 3.05) is 13.7 Å². The van der Waals surface area contributed by atoms with Crippen LogP contribution in [-0.4, -0.2) is 18.8 Å². The van der Waals surface area contributed by atoms with Gasteiger partial charge in [0.1, 0.15) is 5.75 Å². The molecule has 1 fully saturated rings. The third kappa shape index (κ3) is 2.45. The normalized spacial score (nSPS) is 29.1.